The zero-order chi connectivity index (χ0) is 7.68. The number of rotatable bonds is 1. The van der Waals surface area contributed by atoms with Crippen molar-refractivity contribution < 1.29 is 0 Å². The molecule has 0 bridgehead atoms. The van der Waals surface area contributed by atoms with Gasteiger partial charge in [0.1, 0.15) is 0 Å². The first-order valence-corrected chi connectivity index (χ1v) is 4.87. The predicted molar refractivity (Wildman–Crippen MR) is 46.4 cm³/mol. The van der Waals surface area contributed by atoms with Crippen molar-refractivity contribution >= 4 is 0 Å². The SMILES string of the molecule is NC[C@H]1CCC[C@@H]2CCCN21. The highest BCUT2D eigenvalue weighted by atomic mass is 15.2. The van der Waals surface area contributed by atoms with E-state index in [4.69, 9.17) is 5.73 Å². The molecule has 2 heteroatoms. The normalized spacial score (nSPS) is 39.0. The molecule has 0 radical (unpaired) electrons. The van der Waals surface area contributed by atoms with Gasteiger partial charge in [0.2, 0.25) is 0 Å². The van der Waals surface area contributed by atoms with Crippen LogP contribution in [-0.2, 0) is 0 Å². The Morgan fingerprint density at radius 2 is 2.00 bits per heavy atom. The fourth-order valence-corrected chi connectivity index (χ4v) is 2.66. The number of nitrogens with two attached hydrogens (primary N) is 1. The summed E-state index contributed by atoms with van der Waals surface area (Å²) >= 11 is 0. The van der Waals surface area contributed by atoms with Gasteiger partial charge in [-0.1, -0.05) is 6.42 Å². The summed E-state index contributed by atoms with van der Waals surface area (Å²) in [6.07, 6.45) is 7.00. The van der Waals surface area contributed by atoms with Crippen molar-refractivity contribution in [3.05, 3.63) is 0 Å². The van der Waals surface area contributed by atoms with E-state index in [9.17, 15) is 0 Å². The molecule has 11 heavy (non-hydrogen) atoms. The molecule has 2 fully saturated rings. The Labute approximate surface area is 68.7 Å². The maximum atomic E-state index is 5.72. The van der Waals surface area contributed by atoms with Crippen molar-refractivity contribution in [1.29, 1.82) is 0 Å². The Morgan fingerprint density at radius 3 is 2.82 bits per heavy atom. The molecule has 0 aromatic carbocycles. The topological polar surface area (TPSA) is 29.3 Å². The summed E-state index contributed by atoms with van der Waals surface area (Å²) in [6, 6.07) is 1.62. The monoisotopic (exact) mass is 154 g/mol. The molecule has 0 saturated carbocycles. The number of piperidine rings is 1. The lowest BCUT2D eigenvalue weighted by Gasteiger charge is -2.36. The zero-order valence-electron chi connectivity index (χ0n) is 7.13. The van der Waals surface area contributed by atoms with Gasteiger partial charge >= 0.3 is 0 Å². The van der Waals surface area contributed by atoms with Gasteiger partial charge < -0.3 is 5.73 Å². The molecule has 2 N–H and O–H groups in total. The van der Waals surface area contributed by atoms with E-state index < -0.39 is 0 Å². The van der Waals surface area contributed by atoms with Crippen molar-refractivity contribution in [2.45, 2.75) is 44.2 Å². The Balaban J connectivity index is 2.00. The summed E-state index contributed by atoms with van der Waals surface area (Å²) in [5, 5.41) is 0. The Hall–Kier alpha value is -0.0800. The van der Waals surface area contributed by atoms with Crippen LogP contribution < -0.4 is 5.73 Å². The number of hydrogen-bond donors (Lipinski definition) is 1. The van der Waals surface area contributed by atoms with E-state index in [2.05, 4.69) is 4.90 Å². The van der Waals surface area contributed by atoms with Crippen LogP contribution in [-0.4, -0.2) is 30.1 Å². The van der Waals surface area contributed by atoms with Crippen molar-refractivity contribution in [3.8, 4) is 0 Å². The highest BCUT2D eigenvalue weighted by Gasteiger charge is 2.32. The van der Waals surface area contributed by atoms with Crippen LogP contribution in [0.15, 0.2) is 0 Å². The minimum atomic E-state index is 0.719. The summed E-state index contributed by atoms with van der Waals surface area (Å²) < 4.78 is 0. The second-order valence-corrected chi connectivity index (χ2v) is 3.85. The number of nitrogens with zero attached hydrogens (tertiary/aromatic N) is 1. The van der Waals surface area contributed by atoms with E-state index in [1.807, 2.05) is 0 Å². The van der Waals surface area contributed by atoms with E-state index in [-0.39, 0.29) is 0 Å². The average molecular weight is 154 g/mol. The van der Waals surface area contributed by atoms with Crippen molar-refractivity contribution in [1.82, 2.24) is 4.90 Å². The molecular weight excluding hydrogens is 136 g/mol. The molecule has 0 aromatic heterocycles. The predicted octanol–water partition coefficient (Wildman–Crippen LogP) is 0.962. The first kappa shape index (κ1) is 7.56. The van der Waals surface area contributed by atoms with E-state index in [0.29, 0.717) is 0 Å². The average Bonchev–Trinajstić information content (AvgIpc) is 2.50. The van der Waals surface area contributed by atoms with Crippen LogP contribution in [0.5, 0.6) is 0 Å². The minimum absolute atomic E-state index is 0.719. The van der Waals surface area contributed by atoms with Gasteiger partial charge in [-0.3, -0.25) is 4.90 Å². The van der Waals surface area contributed by atoms with Crippen molar-refractivity contribution in [3.63, 3.8) is 0 Å². The minimum Gasteiger partial charge on any atom is -0.329 e. The van der Waals surface area contributed by atoms with E-state index in [1.54, 1.807) is 0 Å². The molecule has 2 nitrogen and oxygen atoms in total. The fraction of sp³-hybridized carbons (Fsp3) is 1.00. The molecule has 2 aliphatic heterocycles. The first-order valence-electron chi connectivity index (χ1n) is 4.87. The van der Waals surface area contributed by atoms with Gasteiger partial charge in [0.25, 0.3) is 0 Å². The van der Waals surface area contributed by atoms with E-state index in [0.717, 1.165) is 18.6 Å². The highest BCUT2D eigenvalue weighted by molar-refractivity contribution is 4.89. The molecular formula is C9H18N2. The third-order valence-corrected chi connectivity index (χ3v) is 3.24. The standard InChI is InChI=1S/C9H18N2/c10-7-9-4-1-3-8-5-2-6-11(8)9/h8-9H,1-7,10H2/t8-,9-/m1/s1. The molecule has 0 amide bonds. The lowest BCUT2D eigenvalue weighted by Crippen LogP contribution is -2.46. The zero-order valence-corrected chi connectivity index (χ0v) is 7.13. The largest absolute Gasteiger partial charge is 0.329 e. The maximum Gasteiger partial charge on any atom is 0.0221 e. The Morgan fingerprint density at radius 1 is 1.18 bits per heavy atom. The quantitative estimate of drug-likeness (QED) is 0.609. The molecule has 64 valence electrons. The summed E-state index contributed by atoms with van der Waals surface area (Å²) in [7, 11) is 0. The summed E-state index contributed by atoms with van der Waals surface area (Å²) in [5.74, 6) is 0. The van der Waals surface area contributed by atoms with Crippen molar-refractivity contribution in [2.24, 2.45) is 5.73 Å². The molecule has 2 heterocycles. The summed E-state index contributed by atoms with van der Waals surface area (Å²) in [5.41, 5.74) is 5.72. The molecule has 2 saturated heterocycles. The van der Waals surface area contributed by atoms with Crippen LogP contribution in [0, 0.1) is 0 Å². The van der Waals surface area contributed by atoms with Crippen LogP contribution in [0.25, 0.3) is 0 Å². The Kier molecular flexibility index (Phi) is 2.14. The molecule has 2 rings (SSSR count). The van der Waals surface area contributed by atoms with Gasteiger partial charge in [-0.15, -0.1) is 0 Å². The lowest BCUT2D eigenvalue weighted by atomic mass is 9.97. The fourth-order valence-electron chi connectivity index (χ4n) is 2.66. The maximum absolute atomic E-state index is 5.72. The van der Waals surface area contributed by atoms with Gasteiger partial charge in [0.05, 0.1) is 0 Å². The highest BCUT2D eigenvalue weighted by Crippen LogP contribution is 2.30. The van der Waals surface area contributed by atoms with Crippen LogP contribution in [0.3, 0.4) is 0 Å². The smallest absolute Gasteiger partial charge is 0.0221 e. The van der Waals surface area contributed by atoms with E-state index >= 15 is 0 Å². The van der Waals surface area contributed by atoms with Gasteiger partial charge in [-0.25, -0.2) is 0 Å². The molecule has 2 atom stereocenters. The third-order valence-electron chi connectivity index (χ3n) is 3.24. The second-order valence-electron chi connectivity index (χ2n) is 3.85. The van der Waals surface area contributed by atoms with Crippen LogP contribution >= 0.6 is 0 Å². The molecule has 0 spiro atoms. The van der Waals surface area contributed by atoms with Crippen LogP contribution in [0.2, 0.25) is 0 Å². The molecule has 0 aliphatic carbocycles. The number of fused-ring (bicyclic) bond motifs is 1. The van der Waals surface area contributed by atoms with Gasteiger partial charge in [-0.05, 0) is 32.2 Å². The van der Waals surface area contributed by atoms with E-state index in [1.165, 1.54) is 38.6 Å². The Bertz CT molecular complexity index is 136. The summed E-state index contributed by atoms with van der Waals surface area (Å²) in [4.78, 5) is 2.64. The molecule has 0 aromatic rings. The first-order chi connectivity index (χ1) is 5.42. The second kappa shape index (κ2) is 3.11. The lowest BCUT2D eigenvalue weighted by molar-refractivity contribution is 0.128. The van der Waals surface area contributed by atoms with Gasteiger partial charge in [-0.2, -0.15) is 0 Å². The van der Waals surface area contributed by atoms with Crippen LogP contribution in [0.1, 0.15) is 32.1 Å². The van der Waals surface area contributed by atoms with Gasteiger partial charge in [0, 0.05) is 18.6 Å². The number of hydrogen-bond acceptors (Lipinski definition) is 2. The van der Waals surface area contributed by atoms with Crippen LogP contribution in [0.4, 0.5) is 0 Å². The van der Waals surface area contributed by atoms with Crippen molar-refractivity contribution in [2.75, 3.05) is 13.1 Å². The molecule has 2 aliphatic rings. The third kappa shape index (κ3) is 1.30. The van der Waals surface area contributed by atoms with Gasteiger partial charge in [0.15, 0.2) is 0 Å². The molecule has 0 unspecified atom stereocenters. The summed E-state index contributed by atoms with van der Waals surface area (Å²) in [6.45, 7) is 2.18.